The molecule has 0 heterocycles. The average molecular weight is 865 g/mol. The van der Waals surface area contributed by atoms with E-state index in [4.69, 9.17) is 89.1 Å². The largest absolute Gasteiger partial charge is 0.370 e. The van der Waals surface area contributed by atoms with Gasteiger partial charge in [0.15, 0.2) is 47.7 Å². The quantitative estimate of drug-likeness (QED) is 0.0191. The Balaban J connectivity index is 8.17. The molecule has 0 fully saturated rings. The second-order valence-electron chi connectivity index (χ2n) is 15.7. The van der Waals surface area contributed by atoms with E-state index < -0.39 is 0 Å². The summed E-state index contributed by atoms with van der Waals surface area (Å²) < 4.78 is 0. The van der Waals surface area contributed by atoms with Crippen LogP contribution in [-0.2, 0) is 0 Å². The third-order valence-electron chi connectivity index (χ3n) is 11.7. The maximum absolute atomic E-state index is 8.07. The first kappa shape index (κ1) is 55.2. The van der Waals surface area contributed by atoms with E-state index in [0.29, 0.717) is 97.3 Å². The van der Waals surface area contributed by atoms with E-state index in [-0.39, 0.29) is 95.0 Å². The Labute approximate surface area is 362 Å². The summed E-state index contributed by atoms with van der Waals surface area (Å²) in [6.07, 6.45) is 7.60. The molecule has 0 spiro atoms. The van der Waals surface area contributed by atoms with Crippen LogP contribution in [0.3, 0.4) is 0 Å². The molecule has 32 N–H and O–H groups in total. The molecule has 0 saturated heterocycles. The van der Waals surface area contributed by atoms with E-state index >= 15 is 0 Å². The Kier molecular flexibility index (Phi) is 28.9. The Morgan fingerprint density at radius 2 is 0.492 bits per heavy atom. The minimum absolute atomic E-state index is 0.0124. The molecule has 0 aromatic heterocycles. The maximum atomic E-state index is 8.07. The van der Waals surface area contributed by atoms with Crippen molar-refractivity contribution in [3.63, 3.8) is 0 Å². The van der Waals surface area contributed by atoms with E-state index in [1.165, 1.54) is 0 Å². The van der Waals surface area contributed by atoms with Gasteiger partial charge in [-0.15, -0.1) is 0 Å². The van der Waals surface area contributed by atoms with Crippen molar-refractivity contribution in [3.05, 3.63) is 0 Å². The van der Waals surface area contributed by atoms with Crippen LogP contribution in [0.5, 0.6) is 0 Å². The first-order valence-corrected chi connectivity index (χ1v) is 21.5. The van der Waals surface area contributed by atoms with Gasteiger partial charge in [-0.05, 0) is 105 Å². The van der Waals surface area contributed by atoms with Crippen molar-refractivity contribution in [3.8, 4) is 0 Å². The van der Waals surface area contributed by atoms with Gasteiger partial charge in [-0.2, -0.15) is 0 Å². The van der Waals surface area contributed by atoms with Crippen LogP contribution >= 0.6 is 0 Å². The smallest absolute Gasteiger partial charge is 0.185 e. The molecule has 352 valence electrons. The van der Waals surface area contributed by atoms with Crippen LogP contribution in [0.25, 0.3) is 0 Å². The van der Waals surface area contributed by atoms with Gasteiger partial charge in [0.05, 0.1) is 0 Å². The second kappa shape index (κ2) is 32.0. The summed E-state index contributed by atoms with van der Waals surface area (Å²) in [5.41, 5.74) is 46.4. The van der Waals surface area contributed by atoms with Crippen LogP contribution in [0.4, 0.5) is 0 Å². The standard InChI is InChI=1S/C37H84N24/c1-3-22(6-5-14-54-30(38)39)24(8-16-56-32(42)43)26(10-18-58-34(46)47)28(12-20-60-36(50)51)29(13-21-61-37(52)53)27(11-19-59-35(48)49)25(9-17-57-33(44)45)23(4-2)7-15-55-31(40)41/h22-29H,3-21H2,1-2H3,(H4,38,39,54)(H4,40,41,55)(H4,42,43,56)(H4,44,45,57)(H4,46,47,58)(H4,48,49,59)(H4,50,51,60)(H4,52,53,61). The molecule has 0 aliphatic heterocycles. The maximum Gasteiger partial charge on any atom is 0.185 e. The molecule has 24 nitrogen and oxygen atoms in total. The Morgan fingerprint density at radius 3 is 0.738 bits per heavy atom. The van der Waals surface area contributed by atoms with Crippen LogP contribution in [0.15, 0.2) is 0 Å². The average Bonchev–Trinajstić information content (AvgIpc) is 3.15. The molecular formula is C37H84N24. The van der Waals surface area contributed by atoms with E-state index in [9.17, 15) is 0 Å². The lowest BCUT2D eigenvalue weighted by Gasteiger charge is -2.47. The van der Waals surface area contributed by atoms with Crippen LogP contribution in [0, 0.1) is 90.6 Å². The number of hydrogen-bond acceptors (Lipinski definition) is 8. The lowest BCUT2D eigenvalue weighted by Crippen LogP contribution is -2.46. The summed E-state index contributed by atoms with van der Waals surface area (Å²) >= 11 is 0. The normalized spacial score (nSPS) is 14.9. The molecule has 0 amide bonds. The lowest BCUT2D eigenvalue weighted by molar-refractivity contribution is 0.0255. The minimum atomic E-state index is -0.159. The molecule has 0 bridgehead atoms. The molecule has 0 rings (SSSR count). The number of guanidine groups is 8. The molecule has 8 atom stereocenters. The van der Waals surface area contributed by atoms with Crippen molar-refractivity contribution in [1.82, 2.24) is 42.5 Å². The predicted octanol–water partition coefficient (Wildman–Crippen LogP) is -1.89. The van der Waals surface area contributed by atoms with Crippen molar-refractivity contribution in [2.45, 2.75) is 84.5 Å². The van der Waals surface area contributed by atoms with Gasteiger partial charge in [-0.3, -0.25) is 43.3 Å². The molecule has 0 saturated carbocycles. The van der Waals surface area contributed by atoms with Crippen LogP contribution < -0.4 is 88.4 Å². The van der Waals surface area contributed by atoms with Gasteiger partial charge in [-0.1, -0.05) is 26.7 Å². The highest BCUT2D eigenvalue weighted by atomic mass is 15.1. The van der Waals surface area contributed by atoms with Crippen molar-refractivity contribution in [2.75, 3.05) is 52.4 Å². The lowest BCUT2D eigenvalue weighted by atomic mass is 9.59. The van der Waals surface area contributed by atoms with Gasteiger partial charge >= 0.3 is 0 Å². The second-order valence-corrected chi connectivity index (χ2v) is 15.7. The van der Waals surface area contributed by atoms with Gasteiger partial charge < -0.3 is 88.4 Å². The van der Waals surface area contributed by atoms with Gasteiger partial charge in [0.1, 0.15) is 0 Å². The number of nitrogens with two attached hydrogens (primary N) is 8. The van der Waals surface area contributed by atoms with Crippen molar-refractivity contribution in [2.24, 2.45) is 93.2 Å². The number of rotatable bonds is 34. The van der Waals surface area contributed by atoms with Gasteiger partial charge in [-0.25, -0.2) is 0 Å². The van der Waals surface area contributed by atoms with Gasteiger partial charge in [0.2, 0.25) is 0 Å². The zero-order chi connectivity index (χ0) is 46.3. The molecule has 0 aliphatic rings. The van der Waals surface area contributed by atoms with E-state index in [1.54, 1.807) is 0 Å². The van der Waals surface area contributed by atoms with Gasteiger partial charge in [0.25, 0.3) is 0 Å². The van der Waals surface area contributed by atoms with Crippen LogP contribution in [0.1, 0.15) is 84.5 Å². The summed E-state index contributed by atoms with van der Waals surface area (Å²) in [4.78, 5) is 0. The first-order chi connectivity index (χ1) is 28.8. The highest BCUT2D eigenvalue weighted by Gasteiger charge is 2.43. The van der Waals surface area contributed by atoms with Crippen molar-refractivity contribution >= 4 is 47.7 Å². The zero-order valence-electron chi connectivity index (χ0n) is 36.7. The Hall–Kier alpha value is -5.84. The minimum Gasteiger partial charge on any atom is -0.370 e. The van der Waals surface area contributed by atoms with Crippen molar-refractivity contribution in [1.29, 1.82) is 43.3 Å². The topological polar surface area (TPSA) is 495 Å². The first-order valence-electron chi connectivity index (χ1n) is 21.5. The molecule has 8 unspecified atom stereocenters. The predicted molar refractivity (Wildman–Crippen MR) is 249 cm³/mol. The van der Waals surface area contributed by atoms with Gasteiger partial charge in [0, 0.05) is 52.4 Å². The van der Waals surface area contributed by atoms with Crippen LogP contribution in [0.2, 0.25) is 0 Å². The van der Waals surface area contributed by atoms with E-state index in [0.717, 1.165) is 25.7 Å². The van der Waals surface area contributed by atoms with E-state index in [2.05, 4.69) is 56.4 Å². The Morgan fingerprint density at radius 1 is 0.295 bits per heavy atom. The number of hydrogen-bond donors (Lipinski definition) is 24. The molecular weight excluding hydrogens is 781 g/mol. The molecule has 0 aliphatic carbocycles. The fourth-order valence-electron chi connectivity index (χ4n) is 9.24. The summed E-state index contributed by atoms with van der Waals surface area (Å²) in [5.74, 6) is -1.02. The summed E-state index contributed by atoms with van der Waals surface area (Å²) in [7, 11) is 0. The molecule has 0 aromatic carbocycles. The van der Waals surface area contributed by atoms with Crippen LogP contribution in [-0.4, -0.2) is 100 Å². The molecule has 0 radical (unpaired) electrons. The monoisotopic (exact) mass is 865 g/mol. The zero-order valence-corrected chi connectivity index (χ0v) is 36.7. The van der Waals surface area contributed by atoms with E-state index in [1.807, 2.05) is 0 Å². The molecule has 0 aromatic rings. The third kappa shape index (κ3) is 26.1. The fourth-order valence-corrected chi connectivity index (χ4v) is 9.24. The fraction of sp³-hybridized carbons (Fsp3) is 0.784. The Bertz CT molecular complexity index is 1340. The highest BCUT2D eigenvalue weighted by Crippen LogP contribution is 2.48. The summed E-state index contributed by atoms with van der Waals surface area (Å²) in [6.45, 7) is 7.77. The number of nitrogens with one attached hydrogen (secondary N) is 16. The molecule has 61 heavy (non-hydrogen) atoms. The summed E-state index contributed by atoms with van der Waals surface area (Å²) in [5, 5.41) is 87.7. The highest BCUT2D eigenvalue weighted by molar-refractivity contribution is 5.76. The van der Waals surface area contributed by atoms with Crippen molar-refractivity contribution < 1.29 is 0 Å². The summed E-state index contributed by atoms with van der Waals surface area (Å²) in [6, 6.07) is 0. The molecule has 24 heteroatoms. The SMILES string of the molecule is CCC(CCCNC(=N)N)C(CCNC(=N)N)C(CCNC(=N)N)C(CCNC(=N)N)C(CCNC(=N)N)C(CCNC(=N)N)C(CCNC(=N)N)C(CC)CCNC(=N)N. The third-order valence-corrected chi connectivity index (χ3v) is 11.7.